The smallest absolute Gasteiger partial charge is 0.480 e. The number of aliphatic carboxylic acids is 1. The number of hydrogen-bond acceptors (Lipinski definition) is 8. The van der Waals surface area contributed by atoms with E-state index in [4.69, 9.17) is 0 Å². The summed E-state index contributed by atoms with van der Waals surface area (Å²) < 4.78 is 50.6. The quantitative estimate of drug-likeness (QED) is 0.193. The van der Waals surface area contributed by atoms with Gasteiger partial charge in [0.1, 0.15) is 16.8 Å². The van der Waals surface area contributed by atoms with E-state index in [0.29, 0.717) is 4.90 Å². The average Bonchev–Trinajstić information content (AvgIpc) is 2.73. The van der Waals surface area contributed by atoms with Crippen LogP contribution in [-0.2, 0) is 29.4 Å². The van der Waals surface area contributed by atoms with E-state index in [1.807, 2.05) is 4.72 Å². The Morgan fingerprint density at radius 2 is 1.79 bits per heavy atom. The molecule has 152 valence electrons. The fourth-order valence-corrected chi connectivity index (χ4v) is 6.89. The van der Waals surface area contributed by atoms with E-state index in [0.717, 1.165) is 38.1 Å². The third-order valence-electron chi connectivity index (χ3n) is 4.94. The van der Waals surface area contributed by atoms with Crippen LogP contribution in [0.4, 0.5) is 5.69 Å². The molecule has 0 unspecified atom stereocenters. The van der Waals surface area contributed by atoms with E-state index in [-0.39, 0.29) is 35.2 Å². The van der Waals surface area contributed by atoms with Gasteiger partial charge in [0.2, 0.25) is 15.9 Å². The molecule has 3 rings (SSSR count). The average molecular weight is 456 g/mol. The molecule has 2 saturated heterocycles. The number of benzene rings is 1. The molecule has 12 nitrogen and oxygen atoms in total. The van der Waals surface area contributed by atoms with Crippen molar-refractivity contribution in [2.75, 3.05) is 0 Å². The number of carboxylic acid groups (broad SMARTS) is 1. The zero-order valence-corrected chi connectivity index (χ0v) is 19.1. The molecule has 0 bridgehead atoms. The van der Waals surface area contributed by atoms with Crippen molar-refractivity contribution < 1.29 is 66.0 Å². The van der Waals surface area contributed by atoms with Crippen molar-refractivity contribution in [1.82, 2.24) is 9.62 Å². The fourth-order valence-electron chi connectivity index (χ4n) is 3.40. The molecule has 3 atom stereocenters. The van der Waals surface area contributed by atoms with Crippen molar-refractivity contribution in [1.29, 1.82) is 0 Å². The number of carboxylic acids is 1. The number of non-ortho nitro benzene ring substituents is 1. The van der Waals surface area contributed by atoms with Crippen molar-refractivity contribution in [3.05, 3.63) is 34.4 Å². The number of nitro benzene ring substituents is 1. The van der Waals surface area contributed by atoms with Gasteiger partial charge in [0.15, 0.2) is 15.2 Å². The molecule has 2 N–H and O–H groups in total. The Labute approximate surface area is 187 Å². The molecule has 15 heteroatoms. The van der Waals surface area contributed by atoms with Crippen LogP contribution >= 0.6 is 0 Å². The molecular weight excluding hydrogens is 441 g/mol. The third kappa shape index (κ3) is 3.37. The molecular formula is C14H15N3NaO9S2+. The minimum atomic E-state index is -4.39. The second-order valence-electron chi connectivity index (χ2n) is 6.88. The summed E-state index contributed by atoms with van der Waals surface area (Å²) >= 11 is 0. The van der Waals surface area contributed by atoms with Crippen molar-refractivity contribution in [3.63, 3.8) is 0 Å². The first-order valence-electron chi connectivity index (χ1n) is 7.78. The Morgan fingerprint density at radius 1 is 1.28 bits per heavy atom. The molecule has 0 aliphatic carbocycles. The van der Waals surface area contributed by atoms with Gasteiger partial charge in [-0.25, -0.2) is 21.6 Å². The van der Waals surface area contributed by atoms with Crippen LogP contribution in [0, 0.1) is 10.1 Å². The number of carbonyl (C=O) groups is 2. The summed E-state index contributed by atoms with van der Waals surface area (Å²) in [5.41, 5.74) is -0.353. The van der Waals surface area contributed by atoms with Gasteiger partial charge in [-0.05, 0) is 26.0 Å². The van der Waals surface area contributed by atoms with Gasteiger partial charge in [-0.2, -0.15) is 4.72 Å². The van der Waals surface area contributed by atoms with Crippen LogP contribution in [0.25, 0.3) is 0 Å². The van der Waals surface area contributed by atoms with E-state index in [2.05, 4.69) is 0 Å². The number of rotatable bonds is 5. The van der Waals surface area contributed by atoms with Crippen LogP contribution in [0.2, 0.25) is 0 Å². The first-order valence-corrected chi connectivity index (χ1v) is 10.8. The normalized spacial score (nSPS) is 26.8. The molecule has 2 aliphatic heterocycles. The molecule has 0 spiro atoms. The largest absolute Gasteiger partial charge is 1.00 e. The van der Waals surface area contributed by atoms with Crippen LogP contribution in [0.15, 0.2) is 29.2 Å². The van der Waals surface area contributed by atoms with Gasteiger partial charge in [0.05, 0.1) is 9.82 Å². The summed E-state index contributed by atoms with van der Waals surface area (Å²) in [6, 6.07) is 0.436. The molecule has 1 aromatic rings. The number of fused-ring (bicyclic) bond motifs is 1. The molecule has 29 heavy (non-hydrogen) atoms. The molecule has 2 aliphatic rings. The Hall–Kier alpha value is -1.58. The zero-order chi connectivity index (χ0) is 21.2. The van der Waals surface area contributed by atoms with Crippen LogP contribution in [0.3, 0.4) is 0 Å². The molecule has 1 aromatic carbocycles. The predicted molar refractivity (Wildman–Crippen MR) is 92.3 cm³/mol. The maximum absolute atomic E-state index is 12.7. The summed E-state index contributed by atoms with van der Waals surface area (Å²) in [7, 11) is -8.60. The van der Waals surface area contributed by atoms with Crippen LogP contribution in [0.1, 0.15) is 13.8 Å². The van der Waals surface area contributed by atoms with Gasteiger partial charge >= 0.3 is 35.5 Å². The third-order valence-corrected chi connectivity index (χ3v) is 9.22. The summed E-state index contributed by atoms with van der Waals surface area (Å²) in [5, 5.41) is 18.3. The zero-order valence-electron chi connectivity index (χ0n) is 15.5. The summed E-state index contributed by atoms with van der Waals surface area (Å²) in [4.78, 5) is 34.0. The van der Waals surface area contributed by atoms with E-state index < -0.39 is 63.8 Å². The van der Waals surface area contributed by atoms with Gasteiger partial charge in [-0.3, -0.25) is 14.9 Å². The maximum Gasteiger partial charge on any atom is 1.00 e. The van der Waals surface area contributed by atoms with E-state index in [1.165, 1.54) is 0 Å². The van der Waals surface area contributed by atoms with Crippen molar-refractivity contribution in [3.8, 4) is 0 Å². The summed E-state index contributed by atoms with van der Waals surface area (Å²) in [5.74, 6) is -2.49. The molecule has 2 fully saturated rings. The standard InChI is InChI=1S/C14H15N3O9S2.Na/c1-14(2)10(13(19)20)16-11(18)9(12(16)27(14,23)24)15-28(25,26)8-5-3-7(4-6-8)17(21)22;/h3-6,9-10,12,15H,1-2H3,(H,19,20);/q;+1/t9-,10+,12-;/m1./s1. The predicted octanol–water partition coefficient (Wildman–Crippen LogP) is -3.93. The first-order chi connectivity index (χ1) is 12.7. The van der Waals surface area contributed by atoms with Crippen molar-refractivity contribution in [2.24, 2.45) is 0 Å². The Kier molecular flexibility index (Phi) is 5.95. The van der Waals surface area contributed by atoms with Gasteiger partial charge in [-0.1, -0.05) is 0 Å². The number of nitro groups is 1. The van der Waals surface area contributed by atoms with Gasteiger partial charge in [0.25, 0.3) is 5.69 Å². The number of sulfonamides is 1. The van der Waals surface area contributed by atoms with Gasteiger partial charge in [-0.15, -0.1) is 0 Å². The second kappa shape index (κ2) is 7.28. The fraction of sp³-hybridized carbons (Fsp3) is 0.429. The molecule has 0 saturated carbocycles. The number of β-lactam (4-membered cyclic amide) rings is 1. The summed E-state index contributed by atoms with van der Waals surface area (Å²) in [6.07, 6.45) is 0. The summed E-state index contributed by atoms with van der Waals surface area (Å²) in [6.45, 7) is 2.32. The number of nitrogens with one attached hydrogen (secondary N) is 1. The minimum absolute atomic E-state index is 0. The SMILES string of the molecule is CC1(C)[C@H](C(=O)O)N2C(=O)[C@@H](NS(=O)(=O)c3ccc([N+](=O)[O-])cc3)[C@H]2S1(=O)=O.[Na+]. The number of sulfone groups is 1. The van der Waals surface area contributed by atoms with Crippen LogP contribution < -0.4 is 34.3 Å². The van der Waals surface area contributed by atoms with Crippen LogP contribution in [0.5, 0.6) is 0 Å². The van der Waals surface area contributed by atoms with Crippen LogP contribution in [-0.4, -0.2) is 65.8 Å². The molecule has 0 radical (unpaired) electrons. The van der Waals surface area contributed by atoms with Crippen molar-refractivity contribution in [2.45, 2.75) is 40.9 Å². The second-order valence-corrected chi connectivity index (χ2v) is 11.2. The Bertz CT molecular complexity index is 1100. The molecule has 1 amide bonds. The Morgan fingerprint density at radius 3 is 2.24 bits per heavy atom. The van der Waals surface area contributed by atoms with Gasteiger partial charge in [0, 0.05) is 12.1 Å². The monoisotopic (exact) mass is 456 g/mol. The van der Waals surface area contributed by atoms with E-state index in [9.17, 15) is 41.6 Å². The maximum atomic E-state index is 12.7. The van der Waals surface area contributed by atoms with Gasteiger partial charge < -0.3 is 10.0 Å². The molecule has 2 heterocycles. The topological polar surface area (TPSA) is 181 Å². The molecule has 0 aromatic heterocycles. The van der Waals surface area contributed by atoms with E-state index >= 15 is 0 Å². The Balaban J connectivity index is 0.00000300. The number of carbonyl (C=O) groups excluding carboxylic acids is 1. The minimum Gasteiger partial charge on any atom is -0.480 e. The van der Waals surface area contributed by atoms with E-state index in [1.54, 1.807) is 0 Å². The number of nitrogens with zero attached hydrogens (tertiary/aromatic N) is 2. The number of amides is 1. The number of hydrogen-bond donors (Lipinski definition) is 2. The first kappa shape index (κ1) is 23.7. The van der Waals surface area contributed by atoms with Crippen molar-refractivity contribution >= 4 is 37.4 Å².